The third-order valence-corrected chi connectivity index (χ3v) is 3.54. The van der Waals surface area contributed by atoms with Gasteiger partial charge in [0.2, 0.25) is 5.91 Å². The number of aryl methyl sites for hydroxylation is 2. The van der Waals surface area contributed by atoms with E-state index in [1.165, 1.54) is 0 Å². The van der Waals surface area contributed by atoms with Gasteiger partial charge in [0.05, 0.1) is 24.8 Å². The van der Waals surface area contributed by atoms with Crippen LogP contribution in [0.25, 0.3) is 0 Å². The minimum atomic E-state index is -0.166. The van der Waals surface area contributed by atoms with E-state index in [1.807, 2.05) is 25.1 Å². The lowest BCUT2D eigenvalue weighted by molar-refractivity contribution is -0.139. The summed E-state index contributed by atoms with van der Waals surface area (Å²) in [4.78, 5) is 14.3. The molecule has 1 aromatic rings. The van der Waals surface area contributed by atoms with Crippen molar-refractivity contribution in [3.63, 3.8) is 0 Å². The molecule has 1 aromatic heterocycles. The van der Waals surface area contributed by atoms with Gasteiger partial charge in [0, 0.05) is 32.9 Å². The van der Waals surface area contributed by atoms with Gasteiger partial charge in [-0.1, -0.05) is 0 Å². The Hall–Kier alpha value is -1.40. The van der Waals surface area contributed by atoms with Crippen LogP contribution in [0.15, 0.2) is 6.20 Å². The van der Waals surface area contributed by atoms with Gasteiger partial charge < -0.3 is 15.4 Å². The molecule has 0 aliphatic carbocycles. The van der Waals surface area contributed by atoms with E-state index in [0.717, 1.165) is 11.3 Å². The van der Waals surface area contributed by atoms with E-state index in [1.54, 1.807) is 4.68 Å². The number of nitrogens with zero attached hydrogens (tertiary/aromatic N) is 3. The van der Waals surface area contributed by atoms with Crippen LogP contribution in [0, 0.1) is 12.8 Å². The van der Waals surface area contributed by atoms with Crippen molar-refractivity contribution in [1.82, 2.24) is 14.7 Å². The van der Waals surface area contributed by atoms with Crippen LogP contribution >= 0.6 is 0 Å². The van der Waals surface area contributed by atoms with Gasteiger partial charge in [-0.15, -0.1) is 0 Å². The van der Waals surface area contributed by atoms with Crippen molar-refractivity contribution >= 4 is 5.91 Å². The number of amides is 1. The Morgan fingerprint density at radius 3 is 2.74 bits per heavy atom. The molecule has 0 spiro atoms. The number of aromatic nitrogens is 2. The molecule has 2 rings (SSSR count). The van der Waals surface area contributed by atoms with Gasteiger partial charge >= 0.3 is 0 Å². The molecule has 1 amide bonds. The van der Waals surface area contributed by atoms with Crippen molar-refractivity contribution in [3.05, 3.63) is 17.5 Å². The van der Waals surface area contributed by atoms with Crippen molar-refractivity contribution in [2.24, 2.45) is 18.7 Å². The molecule has 1 aliphatic rings. The summed E-state index contributed by atoms with van der Waals surface area (Å²) in [6.45, 7) is 4.90. The SMILES string of the molecule is Cc1nn(C)cc1CC(CN)C(=O)N1CCOCC1. The zero-order valence-corrected chi connectivity index (χ0v) is 11.6. The summed E-state index contributed by atoms with van der Waals surface area (Å²) in [5, 5.41) is 4.30. The fourth-order valence-electron chi connectivity index (χ4n) is 2.43. The third-order valence-electron chi connectivity index (χ3n) is 3.54. The van der Waals surface area contributed by atoms with Crippen LogP contribution in [0.4, 0.5) is 0 Å². The first-order valence-electron chi connectivity index (χ1n) is 6.67. The molecule has 1 atom stereocenters. The summed E-state index contributed by atoms with van der Waals surface area (Å²) in [5.74, 6) is -0.0324. The predicted molar refractivity (Wildman–Crippen MR) is 71.6 cm³/mol. The van der Waals surface area contributed by atoms with Gasteiger partial charge in [-0.3, -0.25) is 9.48 Å². The summed E-state index contributed by atoms with van der Waals surface area (Å²) >= 11 is 0. The highest BCUT2D eigenvalue weighted by atomic mass is 16.5. The summed E-state index contributed by atoms with van der Waals surface area (Å²) in [7, 11) is 1.89. The van der Waals surface area contributed by atoms with E-state index in [4.69, 9.17) is 10.5 Å². The average molecular weight is 266 g/mol. The van der Waals surface area contributed by atoms with Crippen molar-refractivity contribution in [2.75, 3.05) is 32.8 Å². The van der Waals surface area contributed by atoms with Gasteiger partial charge in [0.25, 0.3) is 0 Å². The summed E-state index contributed by atoms with van der Waals surface area (Å²) < 4.78 is 7.04. The molecule has 1 unspecified atom stereocenters. The maximum Gasteiger partial charge on any atom is 0.227 e. The molecular formula is C13H22N4O2. The Kier molecular flexibility index (Phi) is 4.55. The molecule has 6 heteroatoms. The lowest BCUT2D eigenvalue weighted by atomic mass is 9.98. The molecule has 1 fully saturated rings. The molecule has 2 N–H and O–H groups in total. The maximum atomic E-state index is 12.4. The quantitative estimate of drug-likeness (QED) is 0.812. The second-order valence-electron chi connectivity index (χ2n) is 4.99. The van der Waals surface area contributed by atoms with Crippen LogP contribution < -0.4 is 5.73 Å². The number of hydrogen-bond donors (Lipinski definition) is 1. The minimum Gasteiger partial charge on any atom is -0.378 e. The summed E-state index contributed by atoms with van der Waals surface area (Å²) in [5.41, 5.74) is 7.84. The number of rotatable bonds is 4. The molecule has 2 heterocycles. The number of morpholine rings is 1. The van der Waals surface area contributed by atoms with Crippen LogP contribution in [-0.4, -0.2) is 53.4 Å². The zero-order chi connectivity index (χ0) is 13.8. The van der Waals surface area contributed by atoms with Crippen molar-refractivity contribution in [1.29, 1.82) is 0 Å². The van der Waals surface area contributed by atoms with Gasteiger partial charge in [-0.25, -0.2) is 0 Å². The summed E-state index contributed by atoms with van der Waals surface area (Å²) in [6.07, 6.45) is 2.62. The van der Waals surface area contributed by atoms with Gasteiger partial charge in [-0.05, 0) is 18.9 Å². The number of hydrogen-bond acceptors (Lipinski definition) is 4. The smallest absolute Gasteiger partial charge is 0.227 e. The lowest BCUT2D eigenvalue weighted by Gasteiger charge is -2.30. The molecule has 0 radical (unpaired) electrons. The highest BCUT2D eigenvalue weighted by Gasteiger charge is 2.25. The average Bonchev–Trinajstić information content (AvgIpc) is 2.74. The van der Waals surface area contributed by atoms with E-state index < -0.39 is 0 Å². The van der Waals surface area contributed by atoms with Crippen LogP contribution in [-0.2, 0) is 23.0 Å². The highest BCUT2D eigenvalue weighted by molar-refractivity contribution is 5.79. The molecular weight excluding hydrogens is 244 g/mol. The van der Waals surface area contributed by atoms with Crippen molar-refractivity contribution < 1.29 is 9.53 Å². The summed E-state index contributed by atoms with van der Waals surface area (Å²) in [6, 6.07) is 0. The van der Waals surface area contributed by atoms with Gasteiger partial charge in [0.15, 0.2) is 0 Å². The van der Waals surface area contributed by atoms with E-state index in [2.05, 4.69) is 5.10 Å². The minimum absolute atomic E-state index is 0.133. The Labute approximate surface area is 113 Å². The van der Waals surface area contributed by atoms with E-state index in [9.17, 15) is 4.79 Å². The largest absolute Gasteiger partial charge is 0.378 e. The fourth-order valence-corrected chi connectivity index (χ4v) is 2.43. The number of nitrogens with two attached hydrogens (primary N) is 1. The first kappa shape index (κ1) is 14.0. The number of ether oxygens (including phenoxy) is 1. The van der Waals surface area contributed by atoms with Crippen molar-refractivity contribution in [2.45, 2.75) is 13.3 Å². The number of carbonyl (C=O) groups excluding carboxylic acids is 1. The molecule has 1 saturated heterocycles. The molecule has 1 aliphatic heterocycles. The Morgan fingerprint density at radius 2 is 2.21 bits per heavy atom. The molecule has 0 bridgehead atoms. The Balaban J connectivity index is 2.02. The fraction of sp³-hybridized carbons (Fsp3) is 0.692. The monoisotopic (exact) mass is 266 g/mol. The van der Waals surface area contributed by atoms with Crippen LogP contribution in [0.3, 0.4) is 0 Å². The van der Waals surface area contributed by atoms with Gasteiger partial charge in [-0.2, -0.15) is 5.10 Å². The second-order valence-corrected chi connectivity index (χ2v) is 4.99. The van der Waals surface area contributed by atoms with E-state index in [-0.39, 0.29) is 11.8 Å². The lowest BCUT2D eigenvalue weighted by Crippen LogP contribution is -2.46. The molecule has 0 aromatic carbocycles. The van der Waals surface area contributed by atoms with Crippen molar-refractivity contribution in [3.8, 4) is 0 Å². The highest BCUT2D eigenvalue weighted by Crippen LogP contribution is 2.14. The topological polar surface area (TPSA) is 73.4 Å². The zero-order valence-electron chi connectivity index (χ0n) is 11.6. The van der Waals surface area contributed by atoms with E-state index >= 15 is 0 Å². The standard InChI is InChI=1S/C13H22N4O2/c1-10-12(9-16(2)15-10)7-11(8-14)13(18)17-3-5-19-6-4-17/h9,11H,3-8,14H2,1-2H3. The first-order chi connectivity index (χ1) is 9.11. The first-order valence-corrected chi connectivity index (χ1v) is 6.67. The molecule has 106 valence electrons. The molecule has 6 nitrogen and oxygen atoms in total. The van der Waals surface area contributed by atoms with Crippen LogP contribution in [0.5, 0.6) is 0 Å². The Bertz CT molecular complexity index is 438. The Morgan fingerprint density at radius 1 is 1.53 bits per heavy atom. The van der Waals surface area contributed by atoms with Crippen LogP contribution in [0.2, 0.25) is 0 Å². The number of carbonyl (C=O) groups is 1. The predicted octanol–water partition coefficient (Wildman–Crippen LogP) is -0.295. The molecule has 0 saturated carbocycles. The maximum absolute atomic E-state index is 12.4. The normalized spacial score (nSPS) is 17.5. The third kappa shape index (κ3) is 3.33. The molecule has 19 heavy (non-hydrogen) atoms. The van der Waals surface area contributed by atoms with E-state index in [0.29, 0.717) is 39.3 Å². The second kappa shape index (κ2) is 6.16. The van der Waals surface area contributed by atoms with Gasteiger partial charge in [0.1, 0.15) is 0 Å². The van der Waals surface area contributed by atoms with Crippen LogP contribution in [0.1, 0.15) is 11.3 Å².